The van der Waals surface area contributed by atoms with Gasteiger partial charge in [-0.25, -0.2) is 0 Å². The van der Waals surface area contributed by atoms with Crippen molar-refractivity contribution in [3.05, 3.63) is 29.8 Å². The lowest BCUT2D eigenvalue weighted by Gasteiger charge is -2.31. The summed E-state index contributed by atoms with van der Waals surface area (Å²) in [5.74, 6) is 1.88. The van der Waals surface area contributed by atoms with E-state index in [1.54, 1.807) is 0 Å². The molecule has 4 nitrogen and oxygen atoms in total. The molecule has 0 radical (unpaired) electrons. The normalized spacial score (nSPS) is 16.1. The first-order valence-electron chi connectivity index (χ1n) is 8.20. The Morgan fingerprint density at radius 1 is 1.27 bits per heavy atom. The molecule has 1 aliphatic heterocycles. The zero-order chi connectivity index (χ0) is 15.9. The van der Waals surface area contributed by atoms with Gasteiger partial charge in [0, 0.05) is 19.6 Å². The van der Waals surface area contributed by atoms with E-state index < -0.39 is 0 Å². The number of ether oxygens (including phenoxy) is 1. The standard InChI is InChI=1S/C18H28N2O2/c1-15-4-6-17(7-5-15)22-13-12-19(3)14-18(21)20-10-8-16(2)9-11-20/h4-7,16H,8-14H2,1-3H3. The van der Waals surface area contributed by atoms with E-state index in [1.807, 2.05) is 41.1 Å². The van der Waals surface area contributed by atoms with Crippen molar-refractivity contribution >= 4 is 5.91 Å². The molecule has 1 aliphatic rings. The van der Waals surface area contributed by atoms with Gasteiger partial charge in [0.05, 0.1) is 6.54 Å². The highest BCUT2D eigenvalue weighted by Gasteiger charge is 2.20. The number of hydrogen-bond donors (Lipinski definition) is 0. The summed E-state index contributed by atoms with van der Waals surface area (Å²) < 4.78 is 5.71. The van der Waals surface area contributed by atoms with Crippen LogP contribution in [0.3, 0.4) is 0 Å². The molecule has 0 atom stereocenters. The fourth-order valence-electron chi connectivity index (χ4n) is 2.62. The zero-order valence-corrected chi connectivity index (χ0v) is 14.0. The smallest absolute Gasteiger partial charge is 0.236 e. The Balaban J connectivity index is 1.65. The number of likely N-dealkylation sites (tertiary alicyclic amines) is 1. The van der Waals surface area contributed by atoms with Gasteiger partial charge in [-0.3, -0.25) is 9.69 Å². The minimum Gasteiger partial charge on any atom is -0.492 e. The van der Waals surface area contributed by atoms with Crippen LogP contribution in [0.5, 0.6) is 5.75 Å². The maximum atomic E-state index is 12.2. The van der Waals surface area contributed by atoms with Crippen LogP contribution in [-0.2, 0) is 4.79 Å². The van der Waals surface area contributed by atoms with Crippen molar-refractivity contribution in [1.29, 1.82) is 0 Å². The van der Waals surface area contributed by atoms with Crippen molar-refractivity contribution in [3.8, 4) is 5.75 Å². The van der Waals surface area contributed by atoms with E-state index in [-0.39, 0.29) is 5.91 Å². The quantitative estimate of drug-likeness (QED) is 0.810. The third-order valence-electron chi connectivity index (χ3n) is 4.30. The van der Waals surface area contributed by atoms with Gasteiger partial charge in [-0.05, 0) is 44.9 Å². The molecule has 0 N–H and O–H groups in total. The Kier molecular flexibility index (Phi) is 6.25. The molecule has 1 aromatic rings. The van der Waals surface area contributed by atoms with Crippen LogP contribution in [0, 0.1) is 12.8 Å². The Bertz CT molecular complexity index is 464. The second kappa shape index (κ2) is 8.18. The van der Waals surface area contributed by atoms with Crippen molar-refractivity contribution in [3.63, 3.8) is 0 Å². The summed E-state index contributed by atoms with van der Waals surface area (Å²) in [6.07, 6.45) is 2.26. The minimum atomic E-state index is 0.240. The molecule has 0 saturated carbocycles. The number of hydrogen-bond acceptors (Lipinski definition) is 3. The van der Waals surface area contributed by atoms with E-state index in [2.05, 4.69) is 13.8 Å². The summed E-state index contributed by atoms with van der Waals surface area (Å²) in [5.41, 5.74) is 1.23. The lowest BCUT2D eigenvalue weighted by atomic mass is 9.99. The van der Waals surface area contributed by atoms with Crippen molar-refractivity contribution < 1.29 is 9.53 Å². The molecule has 1 amide bonds. The van der Waals surface area contributed by atoms with Gasteiger partial charge < -0.3 is 9.64 Å². The van der Waals surface area contributed by atoms with E-state index in [0.717, 1.165) is 44.1 Å². The first-order valence-corrected chi connectivity index (χ1v) is 8.20. The van der Waals surface area contributed by atoms with E-state index in [4.69, 9.17) is 4.74 Å². The minimum absolute atomic E-state index is 0.240. The lowest BCUT2D eigenvalue weighted by molar-refractivity contribution is -0.133. The topological polar surface area (TPSA) is 32.8 Å². The molecule has 22 heavy (non-hydrogen) atoms. The Morgan fingerprint density at radius 3 is 2.55 bits per heavy atom. The second-order valence-electron chi connectivity index (χ2n) is 6.46. The highest BCUT2D eigenvalue weighted by Crippen LogP contribution is 2.16. The van der Waals surface area contributed by atoms with Gasteiger partial charge in [0.15, 0.2) is 0 Å². The summed E-state index contributed by atoms with van der Waals surface area (Å²) >= 11 is 0. The number of carbonyl (C=O) groups is 1. The third kappa shape index (κ3) is 5.34. The number of nitrogens with zero attached hydrogens (tertiary/aromatic N) is 2. The molecule has 1 fully saturated rings. The molecule has 1 aromatic carbocycles. The maximum absolute atomic E-state index is 12.2. The van der Waals surface area contributed by atoms with Gasteiger partial charge in [0.25, 0.3) is 0 Å². The Morgan fingerprint density at radius 2 is 1.91 bits per heavy atom. The fraction of sp³-hybridized carbons (Fsp3) is 0.611. The molecule has 2 rings (SSSR count). The van der Waals surface area contributed by atoms with E-state index in [0.29, 0.717) is 13.2 Å². The van der Waals surface area contributed by atoms with Gasteiger partial charge in [0.2, 0.25) is 5.91 Å². The predicted molar refractivity (Wildman–Crippen MR) is 89.1 cm³/mol. The fourth-order valence-corrected chi connectivity index (χ4v) is 2.62. The van der Waals surface area contributed by atoms with Gasteiger partial charge in [0.1, 0.15) is 12.4 Å². The number of amides is 1. The van der Waals surface area contributed by atoms with E-state index >= 15 is 0 Å². The SMILES string of the molecule is Cc1ccc(OCCN(C)CC(=O)N2CCC(C)CC2)cc1. The Hall–Kier alpha value is -1.55. The largest absolute Gasteiger partial charge is 0.492 e. The lowest BCUT2D eigenvalue weighted by Crippen LogP contribution is -2.43. The average Bonchev–Trinajstić information content (AvgIpc) is 2.50. The number of likely N-dealkylation sites (N-methyl/N-ethyl adjacent to an activating group) is 1. The molecule has 0 spiro atoms. The van der Waals surface area contributed by atoms with Crippen molar-refractivity contribution in [2.75, 3.05) is 39.8 Å². The van der Waals surface area contributed by atoms with Crippen LogP contribution in [0.25, 0.3) is 0 Å². The van der Waals surface area contributed by atoms with Crippen LogP contribution in [0.15, 0.2) is 24.3 Å². The van der Waals surface area contributed by atoms with E-state index in [9.17, 15) is 4.79 Å². The highest BCUT2D eigenvalue weighted by atomic mass is 16.5. The third-order valence-corrected chi connectivity index (χ3v) is 4.30. The maximum Gasteiger partial charge on any atom is 0.236 e. The van der Waals surface area contributed by atoms with Gasteiger partial charge in [-0.2, -0.15) is 0 Å². The molecule has 0 unspecified atom stereocenters. The molecular weight excluding hydrogens is 276 g/mol. The summed E-state index contributed by atoms with van der Waals surface area (Å²) in [7, 11) is 1.98. The Labute approximate surface area is 134 Å². The van der Waals surface area contributed by atoms with Crippen LogP contribution in [0.2, 0.25) is 0 Å². The van der Waals surface area contributed by atoms with Crippen LogP contribution in [0.1, 0.15) is 25.3 Å². The zero-order valence-electron chi connectivity index (χ0n) is 14.0. The first-order chi connectivity index (χ1) is 10.5. The van der Waals surface area contributed by atoms with Crippen molar-refractivity contribution in [2.45, 2.75) is 26.7 Å². The first kappa shape index (κ1) is 16.8. The van der Waals surface area contributed by atoms with Crippen molar-refractivity contribution in [1.82, 2.24) is 9.80 Å². The molecule has 0 aromatic heterocycles. The van der Waals surface area contributed by atoms with Gasteiger partial charge >= 0.3 is 0 Å². The summed E-state index contributed by atoms with van der Waals surface area (Å²) in [5, 5.41) is 0. The molecule has 0 aliphatic carbocycles. The second-order valence-corrected chi connectivity index (χ2v) is 6.46. The van der Waals surface area contributed by atoms with Crippen LogP contribution in [0.4, 0.5) is 0 Å². The van der Waals surface area contributed by atoms with Crippen LogP contribution < -0.4 is 4.74 Å². The molecule has 1 heterocycles. The average molecular weight is 304 g/mol. The summed E-state index contributed by atoms with van der Waals surface area (Å²) in [6, 6.07) is 8.05. The summed E-state index contributed by atoms with van der Waals surface area (Å²) in [6.45, 7) is 7.97. The monoisotopic (exact) mass is 304 g/mol. The molecule has 1 saturated heterocycles. The number of aryl methyl sites for hydroxylation is 1. The highest BCUT2D eigenvalue weighted by molar-refractivity contribution is 5.78. The molecule has 4 heteroatoms. The number of benzene rings is 1. The number of carbonyl (C=O) groups excluding carboxylic acids is 1. The molecule has 122 valence electrons. The number of rotatable bonds is 6. The van der Waals surface area contributed by atoms with E-state index in [1.165, 1.54) is 5.56 Å². The van der Waals surface area contributed by atoms with Gasteiger partial charge in [-0.1, -0.05) is 24.6 Å². The van der Waals surface area contributed by atoms with Crippen LogP contribution >= 0.6 is 0 Å². The predicted octanol–water partition coefficient (Wildman–Crippen LogP) is 2.56. The number of piperidine rings is 1. The van der Waals surface area contributed by atoms with Crippen molar-refractivity contribution in [2.24, 2.45) is 5.92 Å². The molecule has 0 bridgehead atoms. The molecular formula is C18H28N2O2. The van der Waals surface area contributed by atoms with Gasteiger partial charge in [-0.15, -0.1) is 0 Å². The summed E-state index contributed by atoms with van der Waals surface area (Å²) in [4.78, 5) is 16.3. The van der Waals surface area contributed by atoms with Crippen LogP contribution in [-0.4, -0.2) is 55.5 Å².